The monoisotopic (exact) mass is 369 g/mol. The number of anilines is 2. The Morgan fingerprint density at radius 2 is 1.78 bits per heavy atom. The zero-order valence-electron chi connectivity index (χ0n) is 15.4. The molecule has 2 N–H and O–H groups in total. The Morgan fingerprint density at radius 3 is 2.48 bits per heavy atom. The average molecular weight is 369 g/mol. The molecule has 2 amide bonds. The van der Waals surface area contributed by atoms with Gasteiger partial charge >= 0.3 is 0 Å². The van der Waals surface area contributed by atoms with E-state index in [9.17, 15) is 14.0 Å². The number of nitrogens with one attached hydrogen (secondary N) is 2. The SMILES string of the molecule is CC1CCN(C(=O)c2cccc(NCC(=O)Nc3ccc(F)cc3)c2)CC1. The number of carbonyl (C=O) groups excluding carboxylic acids is 2. The summed E-state index contributed by atoms with van der Waals surface area (Å²) >= 11 is 0. The molecule has 3 rings (SSSR count). The minimum Gasteiger partial charge on any atom is -0.376 e. The molecular formula is C21H24FN3O2. The number of nitrogens with zero attached hydrogens (tertiary/aromatic N) is 1. The summed E-state index contributed by atoms with van der Waals surface area (Å²) in [4.78, 5) is 26.6. The van der Waals surface area contributed by atoms with Gasteiger partial charge in [0.15, 0.2) is 0 Å². The predicted molar refractivity (Wildman–Crippen MR) is 104 cm³/mol. The molecule has 0 aromatic heterocycles. The lowest BCUT2D eigenvalue weighted by atomic mass is 9.98. The molecule has 1 fully saturated rings. The highest BCUT2D eigenvalue weighted by molar-refractivity contribution is 5.96. The summed E-state index contributed by atoms with van der Waals surface area (Å²) < 4.78 is 12.9. The van der Waals surface area contributed by atoms with Crippen molar-refractivity contribution in [2.75, 3.05) is 30.3 Å². The minimum atomic E-state index is -0.351. The molecule has 1 saturated heterocycles. The van der Waals surface area contributed by atoms with Gasteiger partial charge < -0.3 is 15.5 Å². The van der Waals surface area contributed by atoms with Crippen LogP contribution in [0.5, 0.6) is 0 Å². The third-order valence-electron chi connectivity index (χ3n) is 4.76. The van der Waals surface area contributed by atoms with Crippen LogP contribution >= 0.6 is 0 Å². The quantitative estimate of drug-likeness (QED) is 0.844. The minimum absolute atomic E-state index is 0.0290. The molecule has 0 aliphatic carbocycles. The van der Waals surface area contributed by atoms with Crippen LogP contribution in [0, 0.1) is 11.7 Å². The topological polar surface area (TPSA) is 61.4 Å². The fourth-order valence-corrected chi connectivity index (χ4v) is 3.08. The largest absolute Gasteiger partial charge is 0.376 e. The summed E-state index contributed by atoms with van der Waals surface area (Å²) in [5.41, 5.74) is 1.86. The van der Waals surface area contributed by atoms with Crippen molar-refractivity contribution in [1.29, 1.82) is 0 Å². The Labute approximate surface area is 158 Å². The number of likely N-dealkylation sites (tertiary alicyclic amines) is 1. The Bertz CT molecular complexity index is 799. The van der Waals surface area contributed by atoms with Crippen LogP contribution in [-0.4, -0.2) is 36.3 Å². The summed E-state index contributed by atoms with van der Waals surface area (Å²) in [6.07, 6.45) is 2.07. The highest BCUT2D eigenvalue weighted by Crippen LogP contribution is 2.19. The van der Waals surface area contributed by atoms with Crippen LogP contribution in [0.25, 0.3) is 0 Å². The second kappa shape index (κ2) is 8.66. The number of benzene rings is 2. The van der Waals surface area contributed by atoms with Crippen LogP contribution in [0.15, 0.2) is 48.5 Å². The van der Waals surface area contributed by atoms with Crippen molar-refractivity contribution >= 4 is 23.2 Å². The van der Waals surface area contributed by atoms with Crippen LogP contribution in [0.1, 0.15) is 30.1 Å². The van der Waals surface area contributed by atoms with Gasteiger partial charge in [0.1, 0.15) is 5.82 Å². The van der Waals surface area contributed by atoms with Gasteiger partial charge in [-0.15, -0.1) is 0 Å². The van der Waals surface area contributed by atoms with E-state index in [-0.39, 0.29) is 24.2 Å². The summed E-state index contributed by atoms with van der Waals surface area (Å²) in [6, 6.07) is 12.8. The van der Waals surface area contributed by atoms with Gasteiger partial charge in [-0.25, -0.2) is 4.39 Å². The number of hydrogen-bond donors (Lipinski definition) is 2. The number of carbonyl (C=O) groups is 2. The molecule has 2 aromatic carbocycles. The van der Waals surface area contributed by atoms with Gasteiger partial charge in [-0.05, 0) is 61.2 Å². The highest BCUT2D eigenvalue weighted by Gasteiger charge is 2.21. The van der Waals surface area contributed by atoms with Crippen LogP contribution in [-0.2, 0) is 4.79 Å². The lowest BCUT2D eigenvalue weighted by Crippen LogP contribution is -2.37. The second-order valence-corrected chi connectivity index (χ2v) is 6.96. The smallest absolute Gasteiger partial charge is 0.253 e. The molecule has 0 radical (unpaired) electrons. The van der Waals surface area contributed by atoms with E-state index in [2.05, 4.69) is 17.6 Å². The third-order valence-corrected chi connectivity index (χ3v) is 4.76. The van der Waals surface area contributed by atoms with E-state index in [1.54, 1.807) is 18.2 Å². The van der Waals surface area contributed by atoms with Crippen molar-refractivity contribution in [2.24, 2.45) is 5.92 Å². The molecular weight excluding hydrogens is 345 g/mol. The Hall–Kier alpha value is -2.89. The molecule has 5 nitrogen and oxygen atoms in total. The predicted octanol–water partition coefficient (Wildman–Crippen LogP) is 3.75. The summed E-state index contributed by atoms with van der Waals surface area (Å²) in [7, 11) is 0. The molecule has 27 heavy (non-hydrogen) atoms. The van der Waals surface area contributed by atoms with Crippen LogP contribution in [0.3, 0.4) is 0 Å². The maximum absolute atomic E-state index is 12.9. The van der Waals surface area contributed by atoms with Gasteiger partial charge in [0.05, 0.1) is 6.54 Å². The van der Waals surface area contributed by atoms with E-state index in [0.29, 0.717) is 22.9 Å². The highest BCUT2D eigenvalue weighted by atomic mass is 19.1. The maximum Gasteiger partial charge on any atom is 0.253 e. The van der Waals surface area contributed by atoms with Crippen molar-refractivity contribution < 1.29 is 14.0 Å². The van der Waals surface area contributed by atoms with Gasteiger partial charge in [-0.2, -0.15) is 0 Å². The van der Waals surface area contributed by atoms with Gasteiger partial charge in [0.25, 0.3) is 5.91 Å². The van der Waals surface area contributed by atoms with E-state index in [1.807, 2.05) is 11.0 Å². The molecule has 0 saturated carbocycles. The molecule has 1 aliphatic rings. The molecule has 2 aromatic rings. The normalized spacial score (nSPS) is 14.7. The molecule has 1 aliphatic heterocycles. The summed E-state index contributed by atoms with van der Waals surface area (Å²) in [5, 5.41) is 5.71. The van der Waals surface area contributed by atoms with Crippen LogP contribution < -0.4 is 10.6 Å². The third kappa shape index (κ3) is 5.29. The van der Waals surface area contributed by atoms with E-state index < -0.39 is 0 Å². The molecule has 0 spiro atoms. The standard InChI is InChI=1S/C21H24FN3O2/c1-15-9-11-25(12-10-15)21(27)16-3-2-4-19(13-16)23-14-20(26)24-18-7-5-17(22)6-8-18/h2-8,13,15,23H,9-12,14H2,1H3,(H,24,26). The average Bonchev–Trinajstić information content (AvgIpc) is 2.68. The van der Waals surface area contributed by atoms with Gasteiger partial charge in [0, 0.05) is 30.0 Å². The molecule has 142 valence electrons. The Morgan fingerprint density at radius 1 is 1.07 bits per heavy atom. The van der Waals surface area contributed by atoms with E-state index in [0.717, 1.165) is 25.9 Å². The zero-order chi connectivity index (χ0) is 19.2. The first-order chi connectivity index (χ1) is 13.0. The van der Waals surface area contributed by atoms with Gasteiger partial charge in [-0.3, -0.25) is 9.59 Å². The van der Waals surface area contributed by atoms with E-state index in [4.69, 9.17) is 0 Å². The fraction of sp³-hybridized carbons (Fsp3) is 0.333. The van der Waals surface area contributed by atoms with Crippen molar-refractivity contribution in [3.63, 3.8) is 0 Å². The van der Waals surface area contributed by atoms with E-state index >= 15 is 0 Å². The lowest BCUT2D eigenvalue weighted by molar-refractivity contribution is -0.114. The van der Waals surface area contributed by atoms with Crippen LogP contribution in [0.4, 0.5) is 15.8 Å². The molecule has 6 heteroatoms. The first-order valence-electron chi connectivity index (χ1n) is 9.20. The molecule has 0 bridgehead atoms. The van der Waals surface area contributed by atoms with Crippen molar-refractivity contribution in [3.05, 3.63) is 59.9 Å². The van der Waals surface area contributed by atoms with Gasteiger partial charge in [-0.1, -0.05) is 13.0 Å². The summed E-state index contributed by atoms with van der Waals surface area (Å²) in [5.74, 6) is 0.0992. The number of halogens is 1. The lowest BCUT2D eigenvalue weighted by Gasteiger charge is -2.30. The summed E-state index contributed by atoms with van der Waals surface area (Å²) in [6.45, 7) is 3.84. The first-order valence-corrected chi connectivity index (χ1v) is 9.20. The van der Waals surface area contributed by atoms with Crippen LogP contribution in [0.2, 0.25) is 0 Å². The Balaban J connectivity index is 1.55. The molecule has 1 heterocycles. The van der Waals surface area contributed by atoms with Crippen molar-refractivity contribution in [2.45, 2.75) is 19.8 Å². The van der Waals surface area contributed by atoms with Crippen molar-refractivity contribution in [3.8, 4) is 0 Å². The maximum atomic E-state index is 12.9. The van der Waals surface area contributed by atoms with Crippen molar-refractivity contribution in [1.82, 2.24) is 4.90 Å². The zero-order valence-corrected chi connectivity index (χ0v) is 15.4. The number of rotatable bonds is 5. The fourth-order valence-electron chi connectivity index (χ4n) is 3.08. The molecule has 0 unspecified atom stereocenters. The Kier molecular flexibility index (Phi) is 6.06. The number of amides is 2. The van der Waals surface area contributed by atoms with E-state index in [1.165, 1.54) is 24.3 Å². The second-order valence-electron chi connectivity index (χ2n) is 6.96. The van der Waals surface area contributed by atoms with Gasteiger partial charge in [0.2, 0.25) is 5.91 Å². The number of hydrogen-bond acceptors (Lipinski definition) is 3. The number of piperidine rings is 1. The first kappa shape index (κ1) is 18.9. The molecule has 0 atom stereocenters.